The highest BCUT2D eigenvalue weighted by Gasteiger charge is 2.53. The van der Waals surface area contributed by atoms with Crippen molar-refractivity contribution < 1.29 is 23.2 Å². The van der Waals surface area contributed by atoms with Crippen LogP contribution < -0.4 is 10.6 Å². The van der Waals surface area contributed by atoms with Crippen LogP contribution in [0.4, 0.5) is 8.78 Å². The van der Waals surface area contributed by atoms with Gasteiger partial charge >= 0.3 is 0 Å². The normalized spacial score (nSPS) is 22.9. The van der Waals surface area contributed by atoms with Crippen LogP contribution in [-0.2, 0) is 16.1 Å². The lowest BCUT2D eigenvalue weighted by molar-refractivity contribution is -0.128. The molecular weight excluding hydrogens is 392 g/mol. The smallest absolute Gasteiger partial charge is 0.253 e. The summed E-state index contributed by atoms with van der Waals surface area (Å²) in [7, 11) is 0. The van der Waals surface area contributed by atoms with Crippen LogP contribution in [0.2, 0.25) is 0 Å². The van der Waals surface area contributed by atoms with Crippen molar-refractivity contribution in [2.45, 2.75) is 25.4 Å². The molecule has 2 aromatic carbocycles. The summed E-state index contributed by atoms with van der Waals surface area (Å²) in [5.41, 5.74) is -0.224. The van der Waals surface area contributed by atoms with E-state index < -0.39 is 29.0 Å². The van der Waals surface area contributed by atoms with Crippen molar-refractivity contribution in [3.05, 3.63) is 71.3 Å². The molecule has 156 valence electrons. The fourth-order valence-corrected chi connectivity index (χ4v) is 4.15. The van der Waals surface area contributed by atoms with E-state index in [4.69, 9.17) is 0 Å². The molecule has 2 atom stereocenters. The third-order valence-corrected chi connectivity index (χ3v) is 5.82. The third kappa shape index (κ3) is 3.77. The Morgan fingerprint density at radius 1 is 1.17 bits per heavy atom. The van der Waals surface area contributed by atoms with Crippen LogP contribution in [0, 0.1) is 17.0 Å². The summed E-state index contributed by atoms with van der Waals surface area (Å²) in [5.74, 6) is -2.08. The van der Waals surface area contributed by atoms with Crippen molar-refractivity contribution >= 4 is 17.7 Å². The second-order valence-electron chi connectivity index (χ2n) is 7.81. The molecule has 2 heterocycles. The number of nitrogens with zero attached hydrogens (tertiary/aromatic N) is 1. The monoisotopic (exact) mass is 413 g/mol. The minimum absolute atomic E-state index is 0.0305. The molecule has 0 aliphatic carbocycles. The molecule has 2 fully saturated rings. The molecule has 1 spiro atoms. The van der Waals surface area contributed by atoms with Gasteiger partial charge < -0.3 is 15.5 Å². The van der Waals surface area contributed by atoms with E-state index in [-0.39, 0.29) is 36.9 Å². The Morgan fingerprint density at radius 3 is 2.70 bits per heavy atom. The number of hydrogen-bond donors (Lipinski definition) is 2. The Kier molecular flexibility index (Phi) is 5.24. The van der Waals surface area contributed by atoms with Crippen LogP contribution in [0.25, 0.3) is 0 Å². The SMILES string of the molecule is O=C(NCc1cc(F)ccc1F)[C@@H]1C[C@@]2(CCN(C(=O)c3ccccc3)C2)C(=O)N1. The number of carbonyl (C=O) groups excluding carboxylic acids is 3. The Morgan fingerprint density at radius 2 is 1.93 bits per heavy atom. The molecule has 0 aromatic heterocycles. The molecular formula is C22H21F2N3O3. The van der Waals surface area contributed by atoms with E-state index in [0.717, 1.165) is 18.2 Å². The standard InChI is InChI=1S/C22H21F2N3O3/c23-16-6-7-17(24)15(10-16)12-25-19(28)18-11-22(21(30)26-18)8-9-27(13-22)20(29)14-4-2-1-3-5-14/h1-7,10,18H,8-9,11-13H2,(H,25,28)(H,26,30)/t18-,22+/m0/s1. The first-order valence-corrected chi connectivity index (χ1v) is 9.75. The van der Waals surface area contributed by atoms with Gasteiger partial charge in [-0.3, -0.25) is 14.4 Å². The fraction of sp³-hybridized carbons (Fsp3) is 0.318. The van der Waals surface area contributed by atoms with Gasteiger partial charge in [-0.1, -0.05) is 18.2 Å². The van der Waals surface area contributed by atoms with Crippen LogP contribution in [0.3, 0.4) is 0 Å². The zero-order chi connectivity index (χ0) is 21.3. The topological polar surface area (TPSA) is 78.5 Å². The van der Waals surface area contributed by atoms with Gasteiger partial charge in [-0.2, -0.15) is 0 Å². The van der Waals surface area contributed by atoms with Gasteiger partial charge in [0.05, 0.1) is 5.41 Å². The quantitative estimate of drug-likeness (QED) is 0.805. The molecule has 4 rings (SSSR count). The second-order valence-corrected chi connectivity index (χ2v) is 7.81. The lowest BCUT2D eigenvalue weighted by Gasteiger charge is -2.21. The van der Waals surface area contributed by atoms with Gasteiger partial charge in [-0.25, -0.2) is 8.78 Å². The van der Waals surface area contributed by atoms with Crippen molar-refractivity contribution in [2.75, 3.05) is 13.1 Å². The Hall–Kier alpha value is -3.29. The molecule has 0 unspecified atom stereocenters. The van der Waals surface area contributed by atoms with Crippen molar-refractivity contribution in [2.24, 2.45) is 5.41 Å². The molecule has 0 radical (unpaired) electrons. The van der Waals surface area contributed by atoms with Crippen LogP contribution in [0.15, 0.2) is 48.5 Å². The van der Waals surface area contributed by atoms with Gasteiger partial charge in [-0.05, 0) is 43.2 Å². The van der Waals surface area contributed by atoms with Crippen LogP contribution in [0.5, 0.6) is 0 Å². The highest BCUT2D eigenvalue weighted by molar-refractivity contribution is 5.97. The van der Waals surface area contributed by atoms with Crippen molar-refractivity contribution in [1.82, 2.24) is 15.5 Å². The molecule has 2 N–H and O–H groups in total. The maximum atomic E-state index is 13.7. The van der Waals surface area contributed by atoms with E-state index in [1.807, 2.05) is 6.07 Å². The van der Waals surface area contributed by atoms with E-state index >= 15 is 0 Å². The molecule has 2 aromatic rings. The predicted octanol–water partition coefficient (Wildman–Crippen LogP) is 2.00. The number of carbonyl (C=O) groups is 3. The van der Waals surface area contributed by atoms with Crippen LogP contribution in [-0.4, -0.2) is 41.8 Å². The van der Waals surface area contributed by atoms with Gasteiger partial charge in [0.2, 0.25) is 11.8 Å². The Balaban J connectivity index is 1.38. The third-order valence-electron chi connectivity index (χ3n) is 5.82. The minimum Gasteiger partial charge on any atom is -0.350 e. The first kappa shape index (κ1) is 20.0. The molecule has 2 saturated heterocycles. The number of halogens is 2. The molecule has 0 bridgehead atoms. The highest BCUT2D eigenvalue weighted by Crippen LogP contribution is 2.40. The molecule has 3 amide bonds. The fourth-order valence-electron chi connectivity index (χ4n) is 4.15. The summed E-state index contributed by atoms with van der Waals surface area (Å²) >= 11 is 0. The number of benzene rings is 2. The van der Waals surface area contributed by atoms with Gasteiger partial charge in [-0.15, -0.1) is 0 Å². The minimum atomic E-state index is -0.809. The number of rotatable bonds is 4. The highest BCUT2D eigenvalue weighted by atomic mass is 19.1. The maximum absolute atomic E-state index is 13.7. The molecule has 8 heteroatoms. The largest absolute Gasteiger partial charge is 0.350 e. The molecule has 6 nitrogen and oxygen atoms in total. The zero-order valence-corrected chi connectivity index (χ0v) is 16.2. The summed E-state index contributed by atoms with van der Waals surface area (Å²) < 4.78 is 27.0. The average molecular weight is 413 g/mol. The van der Waals surface area contributed by atoms with E-state index in [1.54, 1.807) is 29.2 Å². The molecule has 30 heavy (non-hydrogen) atoms. The first-order chi connectivity index (χ1) is 14.4. The number of likely N-dealkylation sites (tertiary alicyclic amines) is 1. The van der Waals surface area contributed by atoms with Gasteiger partial charge in [0.25, 0.3) is 5.91 Å². The van der Waals surface area contributed by atoms with E-state index in [0.29, 0.717) is 18.5 Å². The van der Waals surface area contributed by atoms with Crippen LogP contribution in [0.1, 0.15) is 28.8 Å². The average Bonchev–Trinajstić information content (AvgIpc) is 3.33. The van der Waals surface area contributed by atoms with Crippen molar-refractivity contribution in [3.63, 3.8) is 0 Å². The molecule has 2 aliphatic heterocycles. The summed E-state index contributed by atoms with van der Waals surface area (Å²) in [4.78, 5) is 39.5. The second kappa shape index (κ2) is 7.85. The molecule has 2 aliphatic rings. The summed E-state index contributed by atoms with van der Waals surface area (Å²) in [6.45, 7) is 0.499. The lowest BCUT2D eigenvalue weighted by atomic mass is 9.84. The Labute approximate surface area is 172 Å². The van der Waals surface area contributed by atoms with E-state index in [1.165, 1.54) is 0 Å². The van der Waals surface area contributed by atoms with Crippen molar-refractivity contribution in [3.8, 4) is 0 Å². The molecule has 0 saturated carbocycles. The van der Waals surface area contributed by atoms with Crippen molar-refractivity contribution in [1.29, 1.82) is 0 Å². The van der Waals surface area contributed by atoms with E-state index in [9.17, 15) is 23.2 Å². The lowest BCUT2D eigenvalue weighted by Crippen LogP contribution is -2.41. The summed E-state index contributed by atoms with van der Waals surface area (Å²) in [6.07, 6.45) is 0.724. The predicted molar refractivity (Wildman–Crippen MR) is 104 cm³/mol. The van der Waals surface area contributed by atoms with Crippen LogP contribution >= 0.6 is 0 Å². The summed E-state index contributed by atoms with van der Waals surface area (Å²) in [5, 5.41) is 5.25. The Bertz CT molecular complexity index is 998. The van der Waals surface area contributed by atoms with Gasteiger partial charge in [0.15, 0.2) is 0 Å². The number of nitrogens with one attached hydrogen (secondary N) is 2. The first-order valence-electron chi connectivity index (χ1n) is 9.75. The zero-order valence-electron chi connectivity index (χ0n) is 16.2. The number of amides is 3. The van der Waals surface area contributed by atoms with Gasteiger partial charge in [0, 0.05) is 30.8 Å². The maximum Gasteiger partial charge on any atom is 0.253 e. The number of hydrogen-bond acceptors (Lipinski definition) is 3. The summed E-state index contributed by atoms with van der Waals surface area (Å²) in [6, 6.07) is 11.1. The van der Waals surface area contributed by atoms with Gasteiger partial charge in [0.1, 0.15) is 17.7 Å². The van der Waals surface area contributed by atoms with E-state index in [2.05, 4.69) is 10.6 Å².